The number of aromatic hydroxyl groups is 1. The number of benzene rings is 2. The average molecular weight is 493 g/mol. The van der Waals surface area contributed by atoms with Crippen molar-refractivity contribution in [2.45, 2.75) is 63.9 Å². The maximum atomic E-state index is 13.3. The van der Waals surface area contributed by atoms with Gasteiger partial charge in [0, 0.05) is 24.3 Å². The van der Waals surface area contributed by atoms with Gasteiger partial charge in [-0.25, -0.2) is 4.79 Å². The van der Waals surface area contributed by atoms with Crippen LogP contribution < -0.4 is 14.2 Å². The summed E-state index contributed by atoms with van der Waals surface area (Å²) in [5.41, 5.74) is 1.52. The number of fused-ring (bicyclic) bond motifs is 3. The van der Waals surface area contributed by atoms with E-state index in [-0.39, 0.29) is 36.1 Å². The van der Waals surface area contributed by atoms with Gasteiger partial charge in [0.1, 0.15) is 22.8 Å². The first-order chi connectivity index (χ1) is 17.4. The summed E-state index contributed by atoms with van der Waals surface area (Å²) < 4.78 is 22.1. The molecule has 5 rings (SSSR count). The van der Waals surface area contributed by atoms with Gasteiger partial charge in [-0.3, -0.25) is 9.59 Å². The van der Waals surface area contributed by atoms with Crippen molar-refractivity contribution in [2.75, 3.05) is 6.79 Å². The second-order valence-corrected chi connectivity index (χ2v) is 9.39. The van der Waals surface area contributed by atoms with Gasteiger partial charge < -0.3 is 24.1 Å². The Balaban J connectivity index is 1.59. The Labute approximate surface area is 208 Å². The zero-order chi connectivity index (χ0) is 25.2. The molecule has 3 heterocycles. The van der Waals surface area contributed by atoms with Gasteiger partial charge in [-0.2, -0.15) is 0 Å². The molecule has 2 atom stereocenters. The molecule has 0 amide bonds. The molecule has 36 heavy (non-hydrogen) atoms. The standard InChI is InChI=1S/C28H28O8/c1-16-6-5-9-19(29)8-4-2-3-7-18-13-23-26(27(31)25(18)28(32)35-16)20(14-24(30)36-23)17-10-11-21-22(12-17)34-15-33-21/h3,7,10-13,16,20,31H,2,4-6,8-9,14-15H2,1H3/t16-,20+/m1/s1. The van der Waals surface area contributed by atoms with Gasteiger partial charge in [-0.1, -0.05) is 18.2 Å². The first-order valence-corrected chi connectivity index (χ1v) is 12.3. The number of cyclic esters (lactones) is 1. The normalized spacial score (nSPS) is 22.2. The van der Waals surface area contributed by atoms with E-state index in [1.165, 1.54) is 0 Å². The highest BCUT2D eigenvalue weighted by Crippen LogP contribution is 2.48. The summed E-state index contributed by atoms with van der Waals surface area (Å²) in [4.78, 5) is 37.9. The van der Waals surface area contributed by atoms with Gasteiger partial charge in [-0.05, 0) is 61.9 Å². The van der Waals surface area contributed by atoms with Crippen molar-refractivity contribution in [3.63, 3.8) is 0 Å². The maximum Gasteiger partial charge on any atom is 0.342 e. The molecule has 0 fully saturated rings. The molecule has 8 nitrogen and oxygen atoms in total. The Hall–Kier alpha value is -3.81. The van der Waals surface area contributed by atoms with Crippen molar-refractivity contribution < 1.29 is 38.4 Å². The number of ketones is 1. The maximum absolute atomic E-state index is 13.3. The monoisotopic (exact) mass is 492 g/mol. The third kappa shape index (κ3) is 4.80. The fraction of sp³-hybridized carbons (Fsp3) is 0.393. The van der Waals surface area contributed by atoms with E-state index in [4.69, 9.17) is 18.9 Å². The zero-order valence-corrected chi connectivity index (χ0v) is 20.1. The minimum absolute atomic E-state index is 0.00565. The van der Waals surface area contributed by atoms with E-state index < -0.39 is 24.0 Å². The lowest BCUT2D eigenvalue weighted by molar-refractivity contribution is -0.135. The topological polar surface area (TPSA) is 108 Å². The van der Waals surface area contributed by atoms with Crippen molar-refractivity contribution in [2.24, 2.45) is 0 Å². The van der Waals surface area contributed by atoms with E-state index >= 15 is 0 Å². The fourth-order valence-electron chi connectivity index (χ4n) is 4.93. The van der Waals surface area contributed by atoms with Crippen LogP contribution in [0.2, 0.25) is 0 Å². The van der Waals surface area contributed by atoms with E-state index in [1.54, 1.807) is 31.2 Å². The van der Waals surface area contributed by atoms with Gasteiger partial charge in [-0.15, -0.1) is 0 Å². The van der Waals surface area contributed by atoms with Crippen LogP contribution in [0, 0.1) is 0 Å². The molecule has 2 aromatic rings. The van der Waals surface area contributed by atoms with Gasteiger partial charge in [0.05, 0.1) is 12.5 Å². The number of Topliss-reactive ketones (excluding diaryl/α,β-unsaturated/α-hetero) is 1. The molecule has 0 saturated heterocycles. The summed E-state index contributed by atoms with van der Waals surface area (Å²) >= 11 is 0. The molecule has 8 heteroatoms. The molecule has 0 aromatic heterocycles. The van der Waals surface area contributed by atoms with E-state index in [2.05, 4.69) is 0 Å². The van der Waals surface area contributed by atoms with Crippen LogP contribution in [0.15, 0.2) is 30.3 Å². The predicted octanol–water partition coefficient (Wildman–Crippen LogP) is 5.04. The molecule has 188 valence electrons. The third-order valence-electron chi connectivity index (χ3n) is 6.78. The van der Waals surface area contributed by atoms with Crippen molar-refractivity contribution in [1.29, 1.82) is 0 Å². The van der Waals surface area contributed by atoms with E-state index in [1.807, 2.05) is 12.1 Å². The highest BCUT2D eigenvalue weighted by atomic mass is 16.7. The van der Waals surface area contributed by atoms with Crippen LogP contribution in [0.1, 0.15) is 84.8 Å². The fourth-order valence-corrected chi connectivity index (χ4v) is 4.93. The molecule has 0 bridgehead atoms. The number of carbonyl (C=O) groups excluding carboxylic acids is 3. The van der Waals surface area contributed by atoms with Crippen LogP contribution >= 0.6 is 0 Å². The van der Waals surface area contributed by atoms with Crippen molar-refractivity contribution in [1.82, 2.24) is 0 Å². The van der Waals surface area contributed by atoms with Crippen molar-refractivity contribution in [3.8, 4) is 23.0 Å². The van der Waals surface area contributed by atoms with Gasteiger partial charge >= 0.3 is 11.9 Å². The Kier molecular flexibility index (Phi) is 6.67. The lowest BCUT2D eigenvalue weighted by atomic mass is 9.83. The Morgan fingerprint density at radius 3 is 2.64 bits per heavy atom. The summed E-state index contributed by atoms with van der Waals surface area (Å²) in [5.74, 6) is -0.345. The molecule has 3 aliphatic heterocycles. The minimum Gasteiger partial charge on any atom is -0.507 e. The molecule has 0 aliphatic carbocycles. The number of ether oxygens (including phenoxy) is 4. The quantitative estimate of drug-likeness (QED) is 0.436. The van der Waals surface area contributed by atoms with Crippen LogP contribution in [-0.2, 0) is 14.3 Å². The summed E-state index contributed by atoms with van der Waals surface area (Å²) in [6, 6.07) is 6.95. The Morgan fingerprint density at radius 2 is 1.78 bits per heavy atom. The first kappa shape index (κ1) is 23.9. The van der Waals surface area contributed by atoms with Gasteiger partial charge in [0.2, 0.25) is 6.79 Å². The minimum atomic E-state index is -0.660. The van der Waals surface area contributed by atoms with Crippen LogP contribution in [0.25, 0.3) is 6.08 Å². The molecule has 0 radical (unpaired) electrons. The van der Waals surface area contributed by atoms with E-state index in [0.29, 0.717) is 61.2 Å². The van der Waals surface area contributed by atoms with Crippen molar-refractivity contribution >= 4 is 23.8 Å². The summed E-state index contributed by atoms with van der Waals surface area (Å²) in [6.07, 6.45) is 6.59. The SMILES string of the molecule is C[C@@H]1CCCC(=O)CCCC=Cc2cc3c(c(O)c2C(=O)O1)[C@H](c1ccc2c(c1)OCO2)CC(=O)O3. The Bertz CT molecular complexity index is 1240. The van der Waals surface area contributed by atoms with Crippen LogP contribution in [0.4, 0.5) is 0 Å². The first-order valence-electron chi connectivity index (χ1n) is 12.3. The van der Waals surface area contributed by atoms with Crippen LogP contribution in [0.5, 0.6) is 23.0 Å². The smallest absolute Gasteiger partial charge is 0.342 e. The molecular weight excluding hydrogens is 464 g/mol. The van der Waals surface area contributed by atoms with E-state index in [9.17, 15) is 19.5 Å². The predicted molar refractivity (Wildman–Crippen MR) is 129 cm³/mol. The molecule has 0 spiro atoms. The number of esters is 2. The number of hydrogen-bond acceptors (Lipinski definition) is 8. The lowest BCUT2D eigenvalue weighted by Crippen LogP contribution is -2.23. The zero-order valence-electron chi connectivity index (χ0n) is 20.1. The average Bonchev–Trinajstić information content (AvgIpc) is 3.30. The van der Waals surface area contributed by atoms with Crippen molar-refractivity contribution in [3.05, 3.63) is 52.6 Å². The highest BCUT2D eigenvalue weighted by molar-refractivity contribution is 5.98. The molecule has 0 unspecified atom stereocenters. The second-order valence-electron chi connectivity index (χ2n) is 9.39. The largest absolute Gasteiger partial charge is 0.507 e. The molecule has 0 saturated carbocycles. The molecule has 1 N–H and O–H groups in total. The Morgan fingerprint density at radius 1 is 0.972 bits per heavy atom. The molecule has 3 aliphatic rings. The summed E-state index contributed by atoms with van der Waals surface area (Å²) in [6.45, 7) is 1.89. The number of carbonyl (C=O) groups is 3. The third-order valence-corrected chi connectivity index (χ3v) is 6.78. The molecular formula is C28H28O8. The van der Waals surface area contributed by atoms with Crippen LogP contribution in [-0.4, -0.2) is 35.7 Å². The number of phenols is 1. The highest BCUT2D eigenvalue weighted by Gasteiger charge is 2.36. The number of hydrogen-bond donors (Lipinski definition) is 1. The number of phenolic OH excluding ortho intramolecular Hbond substituents is 1. The second kappa shape index (κ2) is 10.0. The summed E-state index contributed by atoms with van der Waals surface area (Å²) in [5, 5.41) is 11.5. The lowest BCUT2D eigenvalue weighted by Gasteiger charge is -2.27. The number of rotatable bonds is 1. The van der Waals surface area contributed by atoms with Crippen LogP contribution in [0.3, 0.4) is 0 Å². The summed E-state index contributed by atoms with van der Waals surface area (Å²) in [7, 11) is 0. The van der Waals surface area contributed by atoms with Gasteiger partial charge in [0.15, 0.2) is 11.5 Å². The molecule has 2 aromatic carbocycles. The van der Waals surface area contributed by atoms with Gasteiger partial charge in [0.25, 0.3) is 0 Å². The number of allylic oxidation sites excluding steroid dienone is 1. The van der Waals surface area contributed by atoms with E-state index in [0.717, 1.165) is 5.56 Å².